The lowest BCUT2D eigenvalue weighted by molar-refractivity contribution is 0.599. The molecular weight excluding hydrogens is 234 g/mol. The van der Waals surface area contributed by atoms with Gasteiger partial charge in [0.1, 0.15) is 5.82 Å². The van der Waals surface area contributed by atoms with E-state index in [1.807, 2.05) is 31.2 Å². The predicted octanol–water partition coefficient (Wildman–Crippen LogP) is 3.46. The molecule has 3 rings (SSSR count). The Kier molecular flexibility index (Phi) is 3.11. The molecule has 0 amide bonds. The maximum Gasteiger partial charge on any atom is 0.126 e. The molecule has 98 valence electrons. The summed E-state index contributed by atoms with van der Waals surface area (Å²) in [7, 11) is 0. The topological polar surface area (TPSA) is 50.9 Å². The molecule has 3 nitrogen and oxygen atoms in total. The van der Waals surface area contributed by atoms with E-state index >= 15 is 0 Å². The van der Waals surface area contributed by atoms with E-state index in [1.54, 1.807) is 0 Å². The van der Waals surface area contributed by atoms with Gasteiger partial charge in [0.05, 0.1) is 6.04 Å². The third kappa shape index (κ3) is 2.55. The van der Waals surface area contributed by atoms with Crippen LogP contribution >= 0.6 is 0 Å². The first-order valence-electron chi connectivity index (χ1n) is 6.81. The van der Waals surface area contributed by atoms with E-state index in [2.05, 4.69) is 22.4 Å². The average molecular weight is 253 g/mol. The highest BCUT2D eigenvalue weighted by atomic mass is 15.0. The van der Waals surface area contributed by atoms with E-state index in [9.17, 15) is 0 Å². The van der Waals surface area contributed by atoms with Crippen molar-refractivity contribution in [2.24, 2.45) is 0 Å². The number of aromatic nitrogens is 1. The summed E-state index contributed by atoms with van der Waals surface area (Å²) in [4.78, 5) is 4.52. The molecule has 2 aromatic rings. The number of nitrogens with one attached hydrogen (secondary N) is 1. The van der Waals surface area contributed by atoms with E-state index in [0.717, 1.165) is 30.0 Å². The van der Waals surface area contributed by atoms with Gasteiger partial charge in [0.15, 0.2) is 0 Å². The maximum absolute atomic E-state index is 5.87. The smallest absolute Gasteiger partial charge is 0.126 e. The van der Waals surface area contributed by atoms with Gasteiger partial charge in [0.2, 0.25) is 0 Å². The predicted molar refractivity (Wildman–Crippen MR) is 79.1 cm³/mol. The van der Waals surface area contributed by atoms with Crippen molar-refractivity contribution in [1.82, 2.24) is 4.98 Å². The molecule has 0 fully saturated rings. The number of nitrogens with zero attached hydrogens (tertiary/aromatic N) is 1. The van der Waals surface area contributed by atoms with Crippen molar-refractivity contribution < 1.29 is 0 Å². The second-order valence-electron chi connectivity index (χ2n) is 5.21. The Morgan fingerprint density at radius 1 is 1.26 bits per heavy atom. The van der Waals surface area contributed by atoms with E-state index in [1.165, 1.54) is 17.5 Å². The highest BCUT2D eigenvalue weighted by molar-refractivity contribution is 5.49. The Hall–Kier alpha value is -2.03. The number of rotatable bonds is 2. The molecule has 1 aliphatic carbocycles. The largest absolute Gasteiger partial charge is 0.399 e. The number of aryl methyl sites for hydroxylation is 2. The molecule has 1 aromatic carbocycles. The highest BCUT2D eigenvalue weighted by Gasteiger charge is 2.20. The van der Waals surface area contributed by atoms with Crippen molar-refractivity contribution in [3.63, 3.8) is 0 Å². The molecule has 0 radical (unpaired) electrons. The first-order chi connectivity index (χ1) is 9.22. The van der Waals surface area contributed by atoms with Gasteiger partial charge in [-0.25, -0.2) is 4.98 Å². The summed E-state index contributed by atoms with van der Waals surface area (Å²) in [5.41, 5.74) is 10.5. The highest BCUT2D eigenvalue weighted by Crippen LogP contribution is 2.33. The molecule has 19 heavy (non-hydrogen) atoms. The summed E-state index contributed by atoms with van der Waals surface area (Å²) in [6.45, 7) is 2.01. The number of nitrogen functional groups attached to an aromatic ring is 1. The normalized spacial score (nSPS) is 17.8. The zero-order chi connectivity index (χ0) is 13.2. The van der Waals surface area contributed by atoms with E-state index < -0.39 is 0 Å². The number of hydrogen-bond acceptors (Lipinski definition) is 3. The van der Waals surface area contributed by atoms with Gasteiger partial charge < -0.3 is 11.1 Å². The Bertz CT molecular complexity index is 592. The Morgan fingerprint density at radius 3 is 3.00 bits per heavy atom. The Morgan fingerprint density at radius 2 is 2.16 bits per heavy atom. The van der Waals surface area contributed by atoms with Gasteiger partial charge in [0, 0.05) is 11.4 Å². The van der Waals surface area contributed by atoms with Crippen LogP contribution in [0, 0.1) is 6.92 Å². The third-order valence-electron chi connectivity index (χ3n) is 3.69. The lowest BCUT2D eigenvalue weighted by atomic mass is 9.87. The van der Waals surface area contributed by atoms with E-state index in [0.29, 0.717) is 6.04 Å². The van der Waals surface area contributed by atoms with E-state index in [4.69, 9.17) is 5.73 Å². The van der Waals surface area contributed by atoms with Gasteiger partial charge >= 0.3 is 0 Å². The molecule has 3 heteroatoms. The molecule has 0 saturated carbocycles. The molecule has 1 aliphatic rings. The van der Waals surface area contributed by atoms with Crippen molar-refractivity contribution in [1.29, 1.82) is 0 Å². The van der Waals surface area contributed by atoms with Crippen LogP contribution in [0.5, 0.6) is 0 Å². The monoisotopic (exact) mass is 253 g/mol. The minimum atomic E-state index is 0.346. The fourth-order valence-corrected chi connectivity index (χ4v) is 2.79. The number of benzene rings is 1. The first-order valence-corrected chi connectivity index (χ1v) is 6.81. The van der Waals surface area contributed by atoms with Crippen LogP contribution in [-0.2, 0) is 6.42 Å². The minimum absolute atomic E-state index is 0.346. The number of anilines is 2. The van der Waals surface area contributed by atoms with Gasteiger partial charge in [-0.1, -0.05) is 12.1 Å². The summed E-state index contributed by atoms with van der Waals surface area (Å²) in [6, 6.07) is 12.7. The molecule has 3 N–H and O–H groups in total. The van der Waals surface area contributed by atoms with E-state index in [-0.39, 0.29) is 0 Å². The van der Waals surface area contributed by atoms with Crippen molar-refractivity contribution in [2.45, 2.75) is 32.2 Å². The molecule has 0 spiro atoms. The quantitative estimate of drug-likeness (QED) is 0.806. The molecule has 1 aromatic heterocycles. The van der Waals surface area contributed by atoms with Crippen LogP contribution in [0.3, 0.4) is 0 Å². The van der Waals surface area contributed by atoms with Crippen LogP contribution in [0.2, 0.25) is 0 Å². The van der Waals surface area contributed by atoms with Crippen LogP contribution in [0.4, 0.5) is 11.5 Å². The first kappa shape index (κ1) is 12.0. The minimum Gasteiger partial charge on any atom is -0.399 e. The molecule has 1 heterocycles. The second kappa shape index (κ2) is 4.92. The summed E-state index contributed by atoms with van der Waals surface area (Å²) in [6.07, 6.45) is 3.46. The molecule has 0 saturated heterocycles. The van der Waals surface area contributed by atoms with Crippen LogP contribution in [0.1, 0.15) is 35.7 Å². The van der Waals surface area contributed by atoms with Crippen LogP contribution < -0.4 is 11.1 Å². The maximum atomic E-state index is 5.87. The number of fused-ring (bicyclic) bond motifs is 1. The summed E-state index contributed by atoms with van der Waals surface area (Å²) >= 11 is 0. The lowest BCUT2D eigenvalue weighted by Crippen LogP contribution is -2.18. The average Bonchev–Trinajstić information content (AvgIpc) is 2.38. The Labute approximate surface area is 113 Å². The molecule has 1 atom stereocenters. The zero-order valence-corrected chi connectivity index (χ0v) is 11.2. The summed E-state index contributed by atoms with van der Waals surface area (Å²) in [5.74, 6) is 0.953. The number of pyridine rings is 1. The number of hydrogen-bond donors (Lipinski definition) is 2. The van der Waals surface area contributed by atoms with Gasteiger partial charge in [-0.2, -0.15) is 0 Å². The van der Waals surface area contributed by atoms with Gasteiger partial charge in [-0.05, 0) is 61.6 Å². The fraction of sp³-hybridized carbons (Fsp3) is 0.312. The van der Waals surface area contributed by atoms with Gasteiger partial charge in [-0.3, -0.25) is 0 Å². The zero-order valence-electron chi connectivity index (χ0n) is 11.2. The summed E-state index contributed by atoms with van der Waals surface area (Å²) < 4.78 is 0. The van der Waals surface area contributed by atoms with Crippen LogP contribution in [-0.4, -0.2) is 4.98 Å². The van der Waals surface area contributed by atoms with Crippen LogP contribution in [0.15, 0.2) is 36.4 Å². The van der Waals surface area contributed by atoms with Gasteiger partial charge in [0.25, 0.3) is 0 Å². The number of nitrogens with two attached hydrogens (primary N) is 1. The van der Waals surface area contributed by atoms with Crippen molar-refractivity contribution >= 4 is 11.5 Å². The Balaban J connectivity index is 1.87. The van der Waals surface area contributed by atoms with Crippen molar-refractivity contribution in [3.05, 3.63) is 53.2 Å². The fourth-order valence-electron chi connectivity index (χ4n) is 2.79. The molecule has 0 aliphatic heterocycles. The third-order valence-corrected chi connectivity index (χ3v) is 3.69. The van der Waals surface area contributed by atoms with Crippen molar-refractivity contribution in [2.75, 3.05) is 11.1 Å². The second-order valence-corrected chi connectivity index (χ2v) is 5.21. The van der Waals surface area contributed by atoms with Crippen molar-refractivity contribution in [3.8, 4) is 0 Å². The molecule has 1 unspecified atom stereocenters. The lowest BCUT2D eigenvalue weighted by Gasteiger charge is -2.27. The standard InChI is InChI=1S/C16H19N3/c1-11-4-2-7-16(18-11)19-15-6-3-5-12-10-13(17)8-9-14(12)15/h2,4,7-10,15H,3,5-6,17H2,1H3,(H,18,19). The van der Waals surface area contributed by atoms with Crippen LogP contribution in [0.25, 0.3) is 0 Å². The molecule has 0 bridgehead atoms. The molecular formula is C16H19N3. The summed E-state index contributed by atoms with van der Waals surface area (Å²) in [5, 5.41) is 3.55. The SMILES string of the molecule is Cc1cccc(NC2CCCc3cc(N)ccc32)n1. The van der Waals surface area contributed by atoms with Gasteiger partial charge in [-0.15, -0.1) is 0 Å².